The molecule has 3 aromatic rings. The van der Waals surface area contributed by atoms with Gasteiger partial charge in [0.25, 0.3) is 5.91 Å². The highest BCUT2D eigenvalue weighted by Gasteiger charge is 2.61. The van der Waals surface area contributed by atoms with Gasteiger partial charge in [-0.25, -0.2) is 0 Å². The summed E-state index contributed by atoms with van der Waals surface area (Å²) in [6.07, 6.45) is 0. The number of hydrogen-bond donors (Lipinski definition) is 1. The van der Waals surface area contributed by atoms with E-state index in [1.54, 1.807) is 61.7 Å². The number of anilines is 3. The van der Waals surface area contributed by atoms with Crippen molar-refractivity contribution in [1.82, 2.24) is 0 Å². The van der Waals surface area contributed by atoms with Crippen LogP contribution in [0.1, 0.15) is 5.56 Å². The summed E-state index contributed by atoms with van der Waals surface area (Å²) in [4.78, 5) is 41.6. The zero-order valence-electron chi connectivity index (χ0n) is 18.2. The third-order valence-corrected chi connectivity index (χ3v) is 7.41. The number of thioether (sulfide) groups is 1. The molecule has 2 heterocycles. The summed E-state index contributed by atoms with van der Waals surface area (Å²) < 4.78 is 5.33. The zero-order chi connectivity index (χ0) is 23.9. The Balaban J connectivity index is 1.52. The fourth-order valence-corrected chi connectivity index (χ4v) is 5.92. The third-order valence-electron chi connectivity index (χ3n) is 5.79. The largest absolute Gasteiger partial charge is 0.497 e. The van der Waals surface area contributed by atoms with Gasteiger partial charge in [0.1, 0.15) is 12.3 Å². The Morgan fingerprint density at radius 2 is 1.88 bits per heavy atom. The molecular weight excluding hydrogens is 474 g/mol. The molecule has 2 aliphatic rings. The summed E-state index contributed by atoms with van der Waals surface area (Å²) in [5, 5.41) is 3.28. The van der Waals surface area contributed by atoms with Crippen molar-refractivity contribution >= 4 is 58.1 Å². The normalized spacial score (nSPS) is 19.0. The summed E-state index contributed by atoms with van der Waals surface area (Å²) in [7, 11) is 1.55. The molecule has 0 aromatic heterocycles. The van der Waals surface area contributed by atoms with E-state index in [0.29, 0.717) is 33.4 Å². The summed E-state index contributed by atoms with van der Waals surface area (Å²) >= 11 is 7.27. The minimum Gasteiger partial charge on any atom is -0.497 e. The molecule has 172 valence electrons. The van der Waals surface area contributed by atoms with Crippen molar-refractivity contribution in [2.45, 2.75) is 4.87 Å². The van der Waals surface area contributed by atoms with E-state index in [4.69, 9.17) is 16.3 Å². The Labute approximate surface area is 205 Å². The Kier molecular flexibility index (Phi) is 5.71. The molecule has 34 heavy (non-hydrogen) atoms. The maximum absolute atomic E-state index is 14.0. The number of methoxy groups -OCH3 is 1. The fraction of sp³-hybridized carbons (Fsp3) is 0.160. The average Bonchev–Trinajstić information content (AvgIpc) is 3.30. The second-order valence-electron chi connectivity index (χ2n) is 7.83. The highest BCUT2D eigenvalue weighted by Crippen LogP contribution is 2.55. The van der Waals surface area contributed by atoms with Crippen LogP contribution >= 0.6 is 23.4 Å². The number of para-hydroxylation sites is 1. The smallest absolute Gasteiger partial charge is 0.269 e. The summed E-state index contributed by atoms with van der Waals surface area (Å²) in [5.74, 6) is -0.182. The van der Waals surface area contributed by atoms with Gasteiger partial charge >= 0.3 is 0 Å². The summed E-state index contributed by atoms with van der Waals surface area (Å²) in [6.45, 7) is -0.204. The Hall–Kier alpha value is -3.49. The number of halogens is 1. The molecule has 0 radical (unpaired) electrons. The first-order chi connectivity index (χ1) is 16.4. The maximum atomic E-state index is 14.0. The lowest BCUT2D eigenvalue weighted by Crippen LogP contribution is -2.50. The predicted octanol–water partition coefficient (Wildman–Crippen LogP) is 4.27. The number of ether oxygens (including phenoxy) is 1. The fourth-order valence-electron chi connectivity index (χ4n) is 4.37. The number of fused-ring (bicyclic) bond motifs is 2. The van der Waals surface area contributed by atoms with E-state index in [1.807, 2.05) is 18.2 Å². The molecule has 1 fully saturated rings. The van der Waals surface area contributed by atoms with Gasteiger partial charge in [-0.15, -0.1) is 11.8 Å². The first-order valence-corrected chi connectivity index (χ1v) is 11.9. The molecule has 0 bridgehead atoms. The lowest BCUT2D eigenvalue weighted by atomic mass is 10.0. The van der Waals surface area contributed by atoms with Gasteiger partial charge in [-0.3, -0.25) is 24.2 Å². The van der Waals surface area contributed by atoms with Gasteiger partial charge in [-0.1, -0.05) is 41.9 Å². The number of nitrogens with one attached hydrogen (secondary N) is 1. The van der Waals surface area contributed by atoms with E-state index in [-0.39, 0.29) is 30.0 Å². The Morgan fingerprint density at radius 1 is 1.09 bits per heavy atom. The van der Waals surface area contributed by atoms with Crippen molar-refractivity contribution in [1.29, 1.82) is 0 Å². The lowest BCUT2D eigenvalue weighted by molar-refractivity contribution is -0.124. The first kappa shape index (κ1) is 22.3. The molecule has 1 spiro atoms. The van der Waals surface area contributed by atoms with Crippen LogP contribution in [0.15, 0.2) is 72.8 Å². The van der Waals surface area contributed by atoms with E-state index in [2.05, 4.69) is 5.32 Å². The quantitative estimate of drug-likeness (QED) is 0.574. The summed E-state index contributed by atoms with van der Waals surface area (Å²) in [6, 6.07) is 21.1. The standard InChI is InChI=1S/C25H20ClN3O4S/c1-33-19-9-5-8-18(13-19)29-23(31)15-34-25(29)20-10-2-3-11-21(20)28(24(25)32)14-22(30)27-17-7-4-6-16(26)12-17/h2-13H,14-15H2,1H3,(H,27,30)/t25-/m1/s1. The molecule has 0 unspecified atom stereocenters. The van der Waals surface area contributed by atoms with Gasteiger partial charge in [0, 0.05) is 28.0 Å². The van der Waals surface area contributed by atoms with Gasteiger partial charge < -0.3 is 10.1 Å². The van der Waals surface area contributed by atoms with Crippen LogP contribution in [0, 0.1) is 0 Å². The van der Waals surface area contributed by atoms with Crippen molar-refractivity contribution in [3.05, 3.63) is 83.4 Å². The Bertz CT molecular complexity index is 1320. The molecule has 0 saturated carbocycles. The number of carbonyl (C=O) groups excluding carboxylic acids is 3. The van der Waals surface area contributed by atoms with Crippen LogP contribution in [0.3, 0.4) is 0 Å². The molecule has 0 aliphatic carbocycles. The number of benzene rings is 3. The molecule has 7 nitrogen and oxygen atoms in total. The predicted molar refractivity (Wildman–Crippen MR) is 133 cm³/mol. The first-order valence-electron chi connectivity index (χ1n) is 10.5. The van der Waals surface area contributed by atoms with Gasteiger partial charge in [-0.2, -0.15) is 0 Å². The monoisotopic (exact) mass is 493 g/mol. The van der Waals surface area contributed by atoms with Crippen LogP contribution in [0.2, 0.25) is 5.02 Å². The van der Waals surface area contributed by atoms with E-state index in [9.17, 15) is 14.4 Å². The van der Waals surface area contributed by atoms with E-state index in [1.165, 1.54) is 21.6 Å². The molecule has 2 aliphatic heterocycles. The van der Waals surface area contributed by atoms with Crippen molar-refractivity contribution in [2.24, 2.45) is 0 Å². The van der Waals surface area contributed by atoms with Crippen LogP contribution in [0.5, 0.6) is 5.75 Å². The average molecular weight is 494 g/mol. The van der Waals surface area contributed by atoms with Gasteiger partial charge in [0.05, 0.1) is 18.6 Å². The van der Waals surface area contributed by atoms with E-state index in [0.717, 1.165) is 0 Å². The van der Waals surface area contributed by atoms with Crippen molar-refractivity contribution < 1.29 is 19.1 Å². The van der Waals surface area contributed by atoms with Gasteiger partial charge in [-0.05, 0) is 36.4 Å². The second-order valence-corrected chi connectivity index (χ2v) is 9.43. The van der Waals surface area contributed by atoms with E-state index < -0.39 is 4.87 Å². The summed E-state index contributed by atoms with van der Waals surface area (Å²) in [5.41, 5.74) is 2.37. The van der Waals surface area contributed by atoms with E-state index >= 15 is 0 Å². The minimum atomic E-state index is -1.30. The van der Waals surface area contributed by atoms with Crippen molar-refractivity contribution in [2.75, 3.05) is 34.5 Å². The van der Waals surface area contributed by atoms with Crippen LogP contribution < -0.4 is 19.9 Å². The zero-order valence-corrected chi connectivity index (χ0v) is 19.7. The molecular formula is C25H20ClN3O4S. The third kappa shape index (κ3) is 3.59. The van der Waals surface area contributed by atoms with Gasteiger partial charge in [0.15, 0.2) is 0 Å². The molecule has 9 heteroatoms. The number of nitrogens with zero attached hydrogens (tertiary/aromatic N) is 2. The van der Waals surface area contributed by atoms with Gasteiger partial charge in [0.2, 0.25) is 16.7 Å². The van der Waals surface area contributed by atoms with Crippen molar-refractivity contribution in [3.63, 3.8) is 0 Å². The van der Waals surface area contributed by atoms with Crippen molar-refractivity contribution in [3.8, 4) is 5.75 Å². The SMILES string of the molecule is COc1cccc(N2C(=O)CS[C@]23C(=O)N(CC(=O)Nc2cccc(Cl)c2)c2ccccc23)c1. The Morgan fingerprint density at radius 3 is 2.68 bits per heavy atom. The lowest BCUT2D eigenvalue weighted by Gasteiger charge is -2.33. The number of amides is 3. The molecule has 3 aromatic carbocycles. The number of carbonyl (C=O) groups is 3. The maximum Gasteiger partial charge on any atom is 0.269 e. The topological polar surface area (TPSA) is 79.0 Å². The van der Waals surface area contributed by atoms with Crippen LogP contribution in [-0.4, -0.2) is 37.1 Å². The highest BCUT2D eigenvalue weighted by molar-refractivity contribution is 8.02. The number of rotatable bonds is 5. The number of hydrogen-bond acceptors (Lipinski definition) is 5. The van der Waals surface area contributed by atoms with Crippen LogP contribution in [0.4, 0.5) is 17.1 Å². The van der Waals surface area contributed by atoms with Crippen LogP contribution in [0.25, 0.3) is 0 Å². The molecule has 5 rings (SSSR count). The highest BCUT2D eigenvalue weighted by atomic mass is 35.5. The molecule has 1 atom stereocenters. The molecule has 1 saturated heterocycles. The molecule has 3 amide bonds. The minimum absolute atomic E-state index is 0.139. The van der Waals surface area contributed by atoms with Crippen LogP contribution in [-0.2, 0) is 19.3 Å². The molecule has 1 N–H and O–H groups in total. The second kappa shape index (κ2) is 8.70.